The third-order valence-electron chi connectivity index (χ3n) is 6.44. The molecule has 0 radical (unpaired) electrons. The number of benzene rings is 1. The quantitative estimate of drug-likeness (QED) is 0.413. The van der Waals surface area contributed by atoms with Crippen molar-refractivity contribution in [1.82, 2.24) is 20.3 Å². The summed E-state index contributed by atoms with van der Waals surface area (Å²) in [5, 5.41) is 4.96. The number of aromatic nitrogens is 3. The van der Waals surface area contributed by atoms with Crippen LogP contribution >= 0.6 is 11.3 Å². The molecule has 3 aromatic heterocycles. The zero-order valence-electron chi connectivity index (χ0n) is 18.5. The van der Waals surface area contributed by atoms with Gasteiger partial charge in [-0.15, -0.1) is 11.3 Å². The van der Waals surface area contributed by atoms with Gasteiger partial charge in [-0.3, -0.25) is 9.59 Å². The molecule has 1 aromatic carbocycles. The number of aromatic amines is 2. The second kappa shape index (κ2) is 8.54. The number of hydrogen-bond donors (Lipinski definition) is 3. The maximum absolute atomic E-state index is 12.7. The fourth-order valence-electron chi connectivity index (χ4n) is 4.68. The molecule has 3 N–H and O–H groups in total. The summed E-state index contributed by atoms with van der Waals surface area (Å²) >= 11 is 1.65. The summed E-state index contributed by atoms with van der Waals surface area (Å²) in [7, 11) is 0. The molecule has 3 heterocycles. The van der Waals surface area contributed by atoms with E-state index in [1.54, 1.807) is 11.3 Å². The molecule has 6 nitrogen and oxygen atoms in total. The van der Waals surface area contributed by atoms with Crippen LogP contribution in [0.15, 0.2) is 29.2 Å². The summed E-state index contributed by atoms with van der Waals surface area (Å²) in [4.78, 5) is 38.1. The highest BCUT2D eigenvalue weighted by molar-refractivity contribution is 7.18. The highest BCUT2D eigenvalue weighted by Gasteiger charge is 2.23. The molecule has 1 aliphatic carbocycles. The lowest BCUT2D eigenvalue weighted by Crippen LogP contribution is -2.26. The van der Waals surface area contributed by atoms with Gasteiger partial charge in [0.15, 0.2) is 0 Å². The van der Waals surface area contributed by atoms with Crippen molar-refractivity contribution in [3.05, 3.63) is 62.1 Å². The van der Waals surface area contributed by atoms with E-state index in [4.69, 9.17) is 0 Å². The number of hydrogen-bond acceptors (Lipinski definition) is 4. The Morgan fingerprint density at radius 2 is 2.19 bits per heavy atom. The van der Waals surface area contributed by atoms with Crippen LogP contribution in [0.1, 0.15) is 47.2 Å². The van der Waals surface area contributed by atoms with Crippen molar-refractivity contribution in [3.8, 4) is 0 Å². The van der Waals surface area contributed by atoms with Gasteiger partial charge < -0.3 is 15.3 Å². The summed E-state index contributed by atoms with van der Waals surface area (Å²) < 4.78 is 0. The van der Waals surface area contributed by atoms with Crippen LogP contribution in [-0.4, -0.2) is 27.4 Å². The van der Waals surface area contributed by atoms with Gasteiger partial charge in [0.25, 0.3) is 5.56 Å². The van der Waals surface area contributed by atoms with E-state index in [0.29, 0.717) is 31.1 Å². The maximum atomic E-state index is 12.7. The number of H-pyrrole nitrogens is 2. The fourth-order valence-corrected chi connectivity index (χ4v) is 6.08. The SMILES string of the molecule is Cc1ccc2c(CCNC(=O)CCc3nc4sc5c(c4c(=O)[nH]3)CCC(C)C5)c[nH]c2c1. The van der Waals surface area contributed by atoms with Crippen molar-refractivity contribution in [2.24, 2.45) is 5.92 Å². The van der Waals surface area contributed by atoms with E-state index in [9.17, 15) is 9.59 Å². The number of aryl methyl sites for hydroxylation is 3. The second-order valence-electron chi connectivity index (χ2n) is 9.01. The normalized spacial score (nSPS) is 15.9. The van der Waals surface area contributed by atoms with Crippen molar-refractivity contribution >= 4 is 38.4 Å². The van der Waals surface area contributed by atoms with E-state index in [1.807, 2.05) is 6.20 Å². The zero-order chi connectivity index (χ0) is 22.2. The number of nitrogens with zero attached hydrogens (tertiary/aromatic N) is 1. The predicted octanol–water partition coefficient (Wildman–Crippen LogP) is 4.19. The van der Waals surface area contributed by atoms with Gasteiger partial charge in [-0.05, 0) is 61.3 Å². The third-order valence-corrected chi connectivity index (χ3v) is 7.59. The van der Waals surface area contributed by atoms with E-state index >= 15 is 0 Å². The molecule has 4 aromatic rings. The van der Waals surface area contributed by atoms with Crippen LogP contribution in [0.3, 0.4) is 0 Å². The highest BCUT2D eigenvalue weighted by Crippen LogP contribution is 2.35. The molecule has 0 saturated heterocycles. The standard InChI is InChI=1S/C25H28N4O2S/c1-14-3-5-17-16(13-27-19(17)11-14)9-10-26-22(30)8-7-21-28-24(31)23-18-6-4-15(2)12-20(18)32-25(23)29-21/h3,5,11,13,15,27H,4,6-10,12H2,1-2H3,(H,26,30)(H,28,29,31). The third kappa shape index (κ3) is 4.09. The van der Waals surface area contributed by atoms with E-state index < -0.39 is 0 Å². The Kier molecular flexibility index (Phi) is 5.59. The molecular weight excluding hydrogens is 420 g/mol. The minimum atomic E-state index is -0.0629. The Balaban J connectivity index is 1.19. The molecule has 1 amide bonds. The second-order valence-corrected chi connectivity index (χ2v) is 10.1. The van der Waals surface area contributed by atoms with Crippen molar-refractivity contribution in [2.75, 3.05) is 6.54 Å². The molecule has 1 aliphatic rings. The number of amides is 1. The molecule has 1 unspecified atom stereocenters. The molecule has 32 heavy (non-hydrogen) atoms. The summed E-state index contributed by atoms with van der Waals surface area (Å²) in [6, 6.07) is 6.36. The molecule has 7 heteroatoms. The number of fused-ring (bicyclic) bond motifs is 4. The Hall–Kier alpha value is -2.93. The first kappa shape index (κ1) is 20.9. The number of rotatable bonds is 6. The van der Waals surface area contributed by atoms with Gasteiger partial charge >= 0.3 is 0 Å². The van der Waals surface area contributed by atoms with Crippen molar-refractivity contribution < 1.29 is 4.79 Å². The summed E-state index contributed by atoms with van der Waals surface area (Å²) in [5.74, 6) is 1.23. The van der Waals surface area contributed by atoms with E-state index in [-0.39, 0.29) is 11.5 Å². The molecule has 0 aliphatic heterocycles. The monoisotopic (exact) mass is 448 g/mol. The van der Waals surface area contributed by atoms with E-state index in [0.717, 1.165) is 41.4 Å². The summed E-state index contributed by atoms with van der Waals surface area (Å²) in [6.45, 7) is 4.92. The lowest BCUT2D eigenvalue weighted by Gasteiger charge is -2.17. The number of thiophene rings is 1. The molecule has 166 valence electrons. The smallest absolute Gasteiger partial charge is 0.259 e. The molecule has 0 fully saturated rings. The first-order chi connectivity index (χ1) is 15.5. The largest absolute Gasteiger partial charge is 0.361 e. The number of carbonyl (C=O) groups excluding carboxylic acids is 1. The van der Waals surface area contributed by atoms with Crippen molar-refractivity contribution in [2.45, 2.75) is 52.4 Å². The van der Waals surface area contributed by atoms with Crippen LogP contribution in [0.5, 0.6) is 0 Å². The lowest BCUT2D eigenvalue weighted by atomic mass is 9.89. The van der Waals surface area contributed by atoms with E-state index in [1.165, 1.54) is 27.0 Å². The lowest BCUT2D eigenvalue weighted by molar-refractivity contribution is -0.121. The molecular formula is C25H28N4O2S. The van der Waals surface area contributed by atoms with Crippen LogP contribution in [0.4, 0.5) is 0 Å². The van der Waals surface area contributed by atoms with Gasteiger partial charge in [-0.2, -0.15) is 0 Å². The minimum Gasteiger partial charge on any atom is -0.361 e. The fraction of sp³-hybridized carbons (Fsp3) is 0.400. The van der Waals surface area contributed by atoms with Gasteiger partial charge in [0.2, 0.25) is 5.91 Å². The minimum absolute atomic E-state index is 0.0252. The van der Waals surface area contributed by atoms with Crippen molar-refractivity contribution in [1.29, 1.82) is 0 Å². The number of carbonyl (C=O) groups is 1. The molecule has 0 saturated carbocycles. The summed E-state index contributed by atoms with van der Waals surface area (Å²) in [5.41, 5.74) is 4.68. The van der Waals surface area contributed by atoms with Gasteiger partial charge in [-0.1, -0.05) is 19.1 Å². The Labute approximate surface area is 190 Å². The average molecular weight is 449 g/mol. The Morgan fingerprint density at radius 1 is 1.31 bits per heavy atom. The van der Waals surface area contributed by atoms with Gasteiger partial charge in [-0.25, -0.2) is 4.98 Å². The molecule has 1 atom stereocenters. The maximum Gasteiger partial charge on any atom is 0.259 e. The first-order valence-electron chi connectivity index (χ1n) is 11.3. The van der Waals surface area contributed by atoms with Crippen LogP contribution in [-0.2, 0) is 30.5 Å². The van der Waals surface area contributed by atoms with Crippen molar-refractivity contribution in [3.63, 3.8) is 0 Å². The van der Waals surface area contributed by atoms with Gasteiger partial charge in [0, 0.05) is 41.4 Å². The average Bonchev–Trinajstić information content (AvgIpc) is 3.32. The predicted molar refractivity (Wildman–Crippen MR) is 130 cm³/mol. The molecule has 5 rings (SSSR count). The zero-order valence-corrected chi connectivity index (χ0v) is 19.3. The topological polar surface area (TPSA) is 90.6 Å². The Bertz CT molecular complexity index is 1360. The van der Waals surface area contributed by atoms with Gasteiger partial charge in [0.05, 0.1) is 5.39 Å². The summed E-state index contributed by atoms with van der Waals surface area (Å²) in [6.07, 6.45) is 6.64. The Morgan fingerprint density at radius 3 is 3.06 bits per heavy atom. The van der Waals surface area contributed by atoms with Crippen LogP contribution in [0.25, 0.3) is 21.1 Å². The van der Waals surface area contributed by atoms with Gasteiger partial charge in [0.1, 0.15) is 10.7 Å². The van der Waals surface area contributed by atoms with Crippen LogP contribution < -0.4 is 10.9 Å². The molecule has 0 spiro atoms. The number of nitrogens with one attached hydrogen (secondary N) is 3. The highest BCUT2D eigenvalue weighted by atomic mass is 32.1. The first-order valence-corrected chi connectivity index (χ1v) is 12.2. The molecule has 0 bridgehead atoms. The van der Waals surface area contributed by atoms with Crippen LogP contribution in [0.2, 0.25) is 0 Å². The van der Waals surface area contributed by atoms with E-state index in [2.05, 4.69) is 52.3 Å². The van der Waals surface area contributed by atoms with Crippen LogP contribution in [0, 0.1) is 12.8 Å².